The number of benzene rings is 1. The van der Waals surface area contributed by atoms with Gasteiger partial charge < -0.3 is 15.1 Å². The molecule has 5 nitrogen and oxygen atoms in total. The van der Waals surface area contributed by atoms with E-state index in [1.165, 1.54) is 0 Å². The lowest BCUT2D eigenvalue weighted by Crippen LogP contribution is -2.45. The second kappa shape index (κ2) is 7.62. The van der Waals surface area contributed by atoms with Gasteiger partial charge in [0.15, 0.2) is 11.7 Å². The van der Waals surface area contributed by atoms with Crippen molar-refractivity contribution in [2.45, 2.75) is 31.7 Å². The number of piperidine rings is 1. The van der Waals surface area contributed by atoms with Crippen LogP contribution in [-0.2, 0) is 11.2 Å². The zero-order valence-corrected chi connectivity index (χ0v) is 13.6. The van der Waals surface area contributed by atoms with Crippen LogP contribution in [0.15, 0.2) is 34.9 Å². The molecule has 1 saturated heterocycles. The Balaban J connectivity index is 1.50. The van der Waals surface area contributed by atoms with E-state index < -0.39 is 0 Å². The summed E-state index contributed by atoms with van der Waals surface area (Å²) in [6.45, 7) is 1.89. The van der Waals surface area contributed by atoms with E-state index in [1.807, 2.05) is 24.3 Å². The van der Waals surface area contributed by atoms with Crippen molar-refractivity contribution >= 4 is 17.5 Å². The lowest BCUT2D eigenvalue weighted by Gasteiger charge is -2.23. The van der Waals surface area contributed by atoms with E-state index in [4.69, 9.17) is 16.0 Å². The van der Waals surface area contributed by atoms with E-state index in [9.17, 15) is 4.79 Å². The lowest BCUT2D eigenvalue weighted by atomic mass is 10.1. The number of halogens is 1. The first-order valence-corrected chi connectivity index (χ1v) is 8.29. The normalized spacial score (nSPS) is 17.9. The van der Waals surface area contributed by atoms with Crippen molar-refractivity contribution in [3.05, 3.63) is 41.4 Å². The summed E-state index contributed by atoms with van der Waals surface area (Å²) in [4.78, 5) is 16.2. The van der Waals surface area contributed by atoms with Crippen molar-refractivity contribution in [1.29, 1.82) is 0 Å². The molecule has 1 amide bonds. The van der Waals surface area contributed by atoms with Gasteiger partial charge in [-0.1, -0.05) is 11.6 Å². The molecular formula is C17H20ClN3O2. The van der Waals surface area contributed by atoms with E-state index in [0.717, 1.165) is 31.5 Å². The fourth-order valence-corrected chi connectivity index (χ4v) is 2.79. The topological polar surface area (TPSA) is 67.2 Å². The first-order valence-electron chi connectivity index (χ1n) is 7.91. The zero-order valence-electron chi connectivity index (χ0n) is 12.8. The number of hydrogen-bond donors (Lipinski definition) is 2. The van der Waals surface area contributed by atoms with Crippen molar-refractivity contribution in [2.24, 2.45) is 0 Å². The summed E-state index contributed by atoms with van der Waals surface area (Å²) >= 11 is 5.87. The van der Waals surface area contributed by atoms with Crippen LogP contribution in [-0.4, -0.2) is 30.0 Å². The number of nitrogens with zero attached hydrogens (tertiary/aromatic N) is 1. The van der Waals surface area contributed by atoms with Gasteiger partial charge in [0.05, 0.1) is 6.20 Å². The quantitative estimate of drug-likeness (QED) is 0.883. The fraction of sp³-hybridized carbons (Fsp3) is 0.412. The largest absolute Gasteiger partial charge is 0.441 e. The second-order valence-electron chi connectivity index (χ2n) is 5.74. The van der Waals surface area contributed by atoms with Crippen LogP contribution in [0.5, 0.6) is 0 Å². The second-order valence-corrected chi connectivity index (χ2v) is 6.17. The smallest absolute Gasteiger partial charge is 0.220 e. The Morgan fingerprint density at radius 2 is 2.22 bits per heavy atom. The molecule has 0 aliphatic carbocycles. The SMILES string of the molecule is O=C(CCc1ncc(-c2ccc(Cl)cc2)o1)NC1CCCNC1. The molecule has 0 radical (unpaired) electrons. The van der Waals surface area contributed by atoms with E-state index in [-0.39, 0.29) is 11.9 Å². The van der Waals surface area contributed by atoms with Crippen LogP contribution in [0, 0.1) is 0 Å². The molecule has 122 valence electrons. The minimum Gasteiger partial charge on any atom is -0.441 e. The number of carbonyl (C=O) groups is 1. The number of rotatable bonds is 5. The number of aromatic nitrogens is 1. The summed E-state index contributed by atoms with van der Waals surface area (Å²) < 4.78 is 5.70. The van der Waals surface area contributed by atoms with Crippen molar-refractivity contribution < 1.29 is 9.21 Å². The third-order valence-electron chi connectivity index (χ3n) is 3.91. The van der Waals surface area contributed by atoms with Gasteiger partial charge in [0.2, 0.25) is 5.91 Å². The minimum atomic E-state index is 0.0462. The number of amides is 1. The van der Waals surface area contributed by atoms with Gasteiger partial charge in [0.25, 0.3) is 0 Å². The van der Waals surface area contributed by atoms with E-state index in [1.54, 1.807) is 6.20 Å². The molecule has 1 fully saturated rings. The highest BCUT2D eigenvalue weighted by Gasteiger charge is 2.16. The maximum Gasteiger partial charge on any atom is 0.220 e. The summed E-state index contributed by atoms with van der Waals surface area (Å²) in [5.74, 6) is 1.31. The Bertz CT molecular complexity index is 648. The molecule has 1 atom stereocenters. The van der Waals surface area contributed by atoms with Crippen LogP contribution in [0.25, 0.3) is 11.3 Å². The van der Waals surface area contributed by atoms with Crippen LogP contribution in [0.2, 0.25) is 5.02 Å². The van der Waals surface area contributed by atoms with Crippen molar-refractivity contribution in [2.75, 3.05) is 13.1 Å². The minimum absolute atomic E-state index is 0.0462. The predicted octanol–water partition coefficient (Wildman–Crippen LogP) is 2.80. The number of oxazole rings is 1. The monoisotopic (exact) mass is 333 g/mol. The van der Waals surface area contributed by atoms with Gasteiger partial charge >= 0.3 is 0 Å². The van der Waals surface area contributed by atoms with Gasteiger partial charge in [0, 0.05) is 36.0 Å². The summed E-state index contributed by atoms with van der Waals surface area (Å²) in [5, 5.41) is 7.02. The summed E-state index contributed by atoms with van der Waals surface area (Å²) in [6, 6.07) is 7.63. The van der Waals surface area contributed by atoms with Crippen LogP contribution < -0.4 is 10.6 Å². The van der Waals surface area contributed by atoms with Crippen LogP contribution in [0.3, 0.4) is 0 Å². The zero-order chi connectivity index (χ0) is 16.1. The molecule has 2 N–H and O–H groups in total. The highest BCUT2D eigenvalue weighted by molar-refractivity contribution is 6.30. The summed E-state index contributed by atoms with van der Waals surface area (Å²) in [5.41, 5.74) is 0.922. The number of aryl methyl sites for hydroxylation is 1. The van der Waals surface area contributed by atoms with Gasteiger partial charge in [-0.15, -0.1) is 0 Å². The van der Waals surface area contributed by atoms with Gasteiger partial charge in [-0.3, -0.25) is 4.79 Å². The van der Waals surface area contributed by atoms with E-state index in [2.05, 4.69) is 15.6 Å². The fourth-order valence-electron chi connectivity index (χ4n) is 2.67. The third-order valence-corrected chi connectivity index (χ3v) is 4.16. The average molecular weight is 334 g/mol. The molecule has 6 heteroatoms. The van der Waals surface area contributed by atoms with Crippen molar-refractivity contribution in [3.8, 4) is 11.3 Å². The molecule has 1 aliphatic heterocycles. The Morgan fingerprint density at radius 1 is 1.39 bits per heavy atom. The molecule has 1 aromatic heterocycles. The molecular weight excluding hydrogens is 314 g/mol. The first kappa shape index (κ1) is 16.0. The summed E-state index contributed by atoms with van der Waals surface area (Å²) in [7, 11) is 0. The van der Waals surface area contributed by atoms with Crippen LogP contribution >= 0.6 is 11.6 Å². The molecule has 1 unspecified atom stereocenters. The van der Waals surface area contributed by atoms with Gasteiger partial charge in [-0.2, -0.15) is 0 Å². The van der Waals surface area contributed by atoms with Crippen molar-refractivity contribution in [3.63, 3.8) is 0 Å². The highest BCUT2D eigenvalue weighted by atomic mass is 35.5. The molecule has 2 heterocycles. The maximum atomic E-state index is 12.0. The Labute approximate surface area is 140 Å². The van der Waals surface area contributed by atoms with Gasteiger partial charge in [-0.05, 0) is 43.7 Å². The first-order chi connectivity index (χ1) is 11.2. The number of carbonyl (C=O) groups excluding carboxylic acids is 1. The standard InChI is InChI=1S/C17H20ClN3O2/c18-13-5-3-12(4-6-13)15-11-20-17(23-15)8-7-16(22)21-14-2-1-9-19-10-14/h3-6,11,14,19H,1-2,7-10H2,(H,21,22). The Morgan fingerprint density at radius 3 is 2.96 bits per heavy atom. The van der Waals surface area contributed by atoms with E-state index in [0.29, 0.717) is 29.5 Å². The molecule has 0 bridgehead atoms. The molecule has 23 heavy (non-hydrogen) atoms. The summed E-state index contributed by atoms with van der Waals surface area (Å²) in [6.07, 6.45) is 4.71. The van der Waals surface area contributed by atoms with Gasteiger partial charge in [0.1, 0.15) is 0 Å². The molecule has 1 aliphatic rings. The third kappa shape index (κ3) is 4.56. The average Bonchev–Trinajstić information content (AvgIpc) is 3.04. The molecule has 1 aromatic carbocycles. The van der Waals surface area contributed by atoms with Crippen molar-refractivity contribution in [1.82, 2.24) is 15.6 Å². The Kier molecular flexibility index (Phi) is 5.31. The molecule has 3 rings (SSSR count). The van der Waals surface area contributed by atoms with Crippen LogP contribution in [0.4, 0.5) is 0 Å². The highest BCUT2D eigenvalue weighted by Crippen LogP contribution is 2.22. The molecule has 0 spiro atoms. The van der Waals surface area contributed by atoms with Crippen LogP contribution in [0.1, 0.15) is 25.2 Å². The van der Waals surface area contributed by atoms with Gasteiger partial charge in [-0.25, -0.2) is 4.98 Å². The number of hydrogen-bond acceptors (Lipinski definition) is 4. The Hall–Kier alpha value is -1.85. The van der Waals surface area contributed by atoms with E-state index >= 15 is 0 Å². The molecule has 2 aromatic rings. The lowest BCUT2D eigenvalue weighted by molar-refractivity contribution is -0.121. The number of nitrogens with one attached hydrogen (secondary N) is 2. The maximum absolute atomic E-state index is 12.0. The predicted molar refractivity (Wildman–Crippen MR) is 89.3 cm³/mol. The molecule has 0 saturated carbocycles.